The van der Waals surface area contributed by atoms with Crippen molar-refractivity contribution in [3.05, 3.63) is 45.9 Å². The molecule has 0 atom stereocenters. The van der Waals surface area contributed by atoms with Crippen LogP contribution in [0.3, 0.4) is 0 Å². The van der Waals surface area contributed by atoms with Gasteiger partial charge in [0.25, 0.3) is 0 Å². The monoisotopic (exact) mass is 328 g/mol. The van der Waals surface area contributed by atoms with Gasteiger partial charge in [0.15, 0.2) is 12.2 Å². The first kappa shape index (κ1) is 15.1. The SMILES string of the molecule is Cc1c(CCO)sc[n+]1Cc1ccccc1N.[Br-]. The number of thiazole rings is 1. The Morgan fingerprint density at radius 3 is 2.72 bits per heavy atom. The normalized spacial score (nSPS) is 10.1. The Morgan fingerprint density at radius 1 is 1.33 bits per heavy atom. The Kier molecular flexibility index (Phi) is 5.78. The Balaban J connectivity index is 0.00000162. The second kappa shape index (κ2) is 6.87. The number of aliphatic hydroxyl groups is 1. The molecule has 1 aromatic carbocycles. The lowest BCUT2D eigenvalue weighted by atomic mass is 10.2. The molecule has 2 aromatic rings. The molecule has 0 bridgehead atoms. The average Bonchev–Trinajstić information content (AvgIpc) is 2.65. The van der Waals surface area contributed by atoms with E-state index in [1.54, 1.807) is 11.3 Å². The highest BCUT2D eigenvalue weighted by Crippen LogP contribution is 2.14. The molecular formula is C13H17BrN2OS. The topological polar surface area (TPSA) is 50.1 Å². The van der Waals surface area contributed by atoms with E-state index in [9.17, 15) is 0 Å². The van der Waals surface area contributed by atoms with Crippen LogP contribution in [0.4, 0.5) is 5.69 Å². The number of halogens is 1. The molecule has 0 unspecified atom stereocenters. The standard InChI is InChI=1S/C13H17N2OS.BrH/c1-10-13(6-7-16)17-9-15(10)8-11-4-2-3-5-12(11)14;/h2-5,9,16H,6-8,14H2,1H3;1H/q+1;/p-1. The van der Waals surface area contributed by atoms with Crippen molar-refractivity contribution in [2.75, 3.05) is 12.3 Å². The van der Waals surface area contributed by atoms with Crippen LogP contribution >= 0.6 is 11.3 Å². The van der Waals surface area contributed by atoms with Crippen LogP contribution in [0.2, 0.25) is 0 Å². The van der Waals surface area contributed by atoms with Crippen molar-refractivity contribution in [2.24, 2.45) is 0 Å². The molecule has 0 fully saturated rings. The largest absolute Gasteiger partial charge is 1.00 e. The fourth-order valence-electron chi connectivity index (χ4n) is 1.81. The second-order valence-electron chi connectivity index (χ2n) is 4.03. The van der Waals surface area contributed by atoms with Gasteiger partial charge < -0.3 is 27.8 Å². The number of rotatable bonds is 4. The number of aromatic nitrogens is 1. The molecule has 0 amide bonds. The van der Waals surface area contributed by atoms with E-state index in [0.29, 0.717) is 0 Å². The Morgan fingerprint density at radius 2 is 2.06 bits per heavy atom. The third-order valence-electron chi connectivity index (χ3n) is 2.89. The predicted molar refractivity (Wildman–Crippen MR) is 70.0 cm³/mol. The highest BCUT2D eigenvalue weighted by Gasteiger charge is 2.15. The van der Waals surface area contributed by atoms with Gasteiger partial charge >= 0.3 is 0 Å². The van der Waals surface area contributed by atoms with E-state index in [1.165, 1.54) is 10.6 Å². The summed E-state index contributed by atoms with van der Waals surface area (Å²) in [5.74, 6) is 0. The average molecular weight is 329 g/mol. The van der Waals surface area contributed by atoms with E-state index in [2.05, 4.69) is 17.0 Å². The van der Waals surface area contributed by atoms with Gasteiger partial charge in [-0.1, -0.05) is 29.5 Å². The summed E-state index contributed by atoms with van der Waals surface area (Å²) < 4.78 is 2.18. The molecule has 18 heavy (non-hydrogen) atoms. The molecule has 1 aromatic heterocycles. The van der Waals surface area contributed by atoms with Crippen LogP contribution in [0.5, 0.6) is 0 Å². The van der Waals surface area contributed by atoms with Gasteiger partial charge in [-0.2, -0.15) is 4.57 Å². The molecule has 0 radical (unpaired) electrons. The number of nitrogens with zero attached hydrogens (tertiary/aromatic N) is 1. The van der Waals surface area contributed by atoms with Gasteiger partial charge in [-0.05, 0) is 6.07 Å². The second-order valence-corrected chi connectivity index (χ2v) is 4.97. The minimum absolute atomic E-state index is 0. The fourth-order valence-corrected chi connectivity index (χ4v) is 2.79. The zero-order chi connectivity index (χ0) is 12.3. The van der Waals surface area contributed by atoms with E-state index < -0.39 is 0 Å². The Bertz CT molecular complexity index is 513. The van der Waals surface area contributed by atoms with Crippen LogP contribution in [0.25, 0.3) is 0 Å². The lowest BCUT2D eigenvalue weighted by Gasteiger charge is -2.01. The lowest BCUT2D eigenvalue weighted by Crippen LogP contribution is -3.00. The predicted octanol–water partition coefficient (Wildman–Crippen LogP) is -1.49. The number of nitrogens with two attached hydrogens (primary N) is 1. The van der Waals surface area contributed by atoms with Gasteiger partial charge in [-0.15, -0.1) is 0 Å². The van der Waals surface area contributed by atoms with E-state index in [4.69, 9.17) is 10.8 Å². The molecule has 0 spiro atoms. The molecule has 0 saturated heterocycles. The summed E-state index contributed by atoms with van der Waals surface area (Å²) in [4.78, 5) is 1.24. The maximum Gasteiger partial charge on any atom is 0.225 e. The molecule has 0 aliphatic heterocycles. The molecule has 2 rings (SSSR count). The molecule has 3 N–H and O–H groups in total. The number of para-hydroxylation sites is 1. The van der Waals surface area contributed by atoms with Crippen LogP contribution in [0, 0.1) is 6.92 Å². The quantitative estimate of drug-likeness (QED) is 0.531. The maximum absolute atomic E-state index is 8.96. The van der Waals surface area contributed by atoms with Gasteiger partial charge in [-0.25, -0.2) is 0 Å². The maximum atomic E-state index is 8.96. The van der Waals surface area contributed by atoms with Crippen molar-refractivity contribution >= 4 is 17.0 Å². The van der Waals surface area contributed by atoms with Gasteiger partial charge in [0.2, 0.25) is 5.51 Å². The number of hydrogen-bond acceptors (Lipinski definition) is 3. The Labute approximate surface area is 122 Å². The summed E-state index contributed by atoms with van der Waals surface area (Å²) >= 11 is 1.69. The van der Waals surface area contributed by atoms with Gasteiger partial charge in [0.1, 0.15) is 0 Å². The molecule has 0 saturated carbocycles. The van der Waals surface area contributed by atoms with Crippen LogP contribution in [0.15, 0.2) is 29.8 Å². The van der Waals surface area contributed by atoms with E-state index in [-0.39, 0.29) is 23.6 Å². The minimum atomic E-state index is 0. The molecule has 0 aliphatic rings. The van der Waals surface area contributed by atoms with Gasteiger partial charge in [0.05, 0.1) is 4.88 Å². The summed E-state index contributed by atoms with van der Waals surface area (Å²) in [5, 5.41) is 8.96. The van der Waals surface area contributed by atoms with Crippen molar-refractivity contribution in [3.8, 4) is 0 Å². The molecular weight excluding hydrogens is 312 g/mol. The van der Waals surface area contributed by atoms with E-state index in [0.717, 1.165) is 24.2 Å². The lowest BCUT2D eigenvalue weighted by molar-refractivity contribution is -0.689. The first-order valence-electron chi connectivity index (χ1n) is 5.63. The summed E-state index contributed by atoms with van der Waals surface area (Å²) in [5.41, 5.74) is 11.2. The number of hydrogen-bond donors (Lipinski definition) is 2. The number of aliphatic hydroxyl groups excluding tert-OH is 1. The van der Waals surface area contributed by atoms with Crippen LogP contribution in [-0.2, 0) is 13.0 Å². The number of nitrogen functional groups attached to an aromatic ring is 1. The zero-order valence-corrected chi connectivity index (χ0v) is 12.7. The highest BCUT2D eigenvalue weighted by atomic mass is 79.9. The van der Waals surface area contributed by atoms with Crippen molar-refractivity contribution in [1.29, 1.82) is 0 Å². The summed E-state index contributed by atoms with van der Waals surface area (Å²) in [7, 11) is 0. The molecule has 5 heteroatoms. The molecule has 98 valence electrons. The van der Waals surface area contributed by atoms with Crippen molar-refractivity contribution in [1.82, 2.24) is 0 Å². The van der Waals surface area contributed by atoms with Crippen molar-refractivity contribution in [3.63, 3.8) is 0 Å². The number of benzene rings is 1. The summed E-state index contributed by atoms with van der Waals surface area (Å²) in [6.45, 7) is 3.08. The third-order valence-corrected chi connectivity index (χ3v) is 4.04. The van der Waals surface area contributed by atoms with Crippen LogP contribution in [0.1, 0.15) is 16.1 Å². The first-order valence-corrected chi connectivity index (χ1v) is 6.51. The smallest absolute Gasteiger partial charge is 0.225 e. The number of anilines is 1. The summed E-state index contributed by atoms with van der Waals surface area (Å²) in [6, 6.07) is 7.92. The minimum Gasteiger partial charge on any atom is -1.00 e. The van der Waals surface area contributed by atoms with E-state index >= 15 is 0 Å². The van der Waals surface area contributed by atoms with Crippen LogP contribution in [-0.4, -0.2) is 11.7 Å². The first-order chi connectivity index (χ1) is 8.22. The van der Waals surface area contributed by atoms with Crippen molar-refractivity contribution < 1.29 is 26.7 Å². The zero-order valence-electron chi connectivity index (χ0n) is 10.3. The molecule has 1 heterocycles. The third kappa shape index (κ3) is 3.31. The molecule has 0 aliphatic carbocycles. The Hall–Kier alpha value is -0.910. The van der Waals surface area contributed by atoms with Gasteiger partial charge in [-0.3, -0.25) is 0 Å². The summed E-state index contributed by atoms with van der Waals surface area (Å²) in [6.07, 6.45) is 0.730. The van der Waals surface area contributed by atoms with Crippen LogP contribution < -0.4 is 27.3 Å². The highest BCUT2D eigenvalue weighted by molar-refractivity contribution is 7.09. The van der Waals surface area contributed by atoms with Gasteiger partial charge in [0, 0.05) is 31.2 Å². The van der Waals surface area contributed by atoms with Crippen molar-refractivity contribution in [2.45, 2.75) is 19.9 Å². The van der Waals surface area contributed by atoms with E-state index in [1.807, 2.05) is 24.3 Å². The molecule has 3 nitrogen and oxygen atoms in total. The fraction of sp³-hybridized carbons (Fsp3) is 0.308.